The van der Waals surface area contributed by atoms with Gasteiger partial charge >= 0.3 is 0 Å². The van der Waals surface area contributed by atoms with Crippen LogP contribution in [0.3, 0.4) is 0 Å². The van der Waals surface area contributed by atoms with Crippen molar-refractivity contribution in [2.24, 2.45) is 5.92 Å². The van der Waals surface area contributed by atoms with E-state index in [9.17, 15) is 5.11 Å². The predicted molar refractivity (Wildman–Crippen MR) is 50.3 cm³/mol. The number of hydrogen-bond donors (Lipinski definition) is 2. The number of aromatic nitrogens is 1. The van der Waals surface area contributed by atoms with Gasteiger partial charge in [-0.3, -0.25) is 4.98 Å². The van der Waals surface area contributed by atoms with Gasteiger partial charge in [0.05, 0.1) is 6.10 Å². The summed E-state index contributed by atoms with van der Waals surface area (Å²) in [6, 6.07) is 3.88. The summed E-state index contributed by atoms with van der Waals surface area (Å²) in [5.41, 5.74) is 1.92. The molecule has 0 amide bonds. The summed E-state index contributed by atoms with van der Waals surface area (Å²) in [5, 5.41) is 13.0. The second-order valence-electron chi connectivity index (χ2n) is 3.60. The van der Waals surface area contributed by atoms with Gasteiger partial charge in [0.25, 0.3) is 0 Å². The monoisotopic (exact) mass is 178 g/mol. The molecule has 1 fully saturated rings. The zero-order chi connectivity index (χ0) is 9.26. The van der Waals surface area contributed by atoms with Gasteiger partial charge in [-0.2, -0.15) is 0 Å². The van der Waals surface area contributed by atoms with Gasteiger partial charge in [-0.1, -0.05) is 6.07 Å². The van der Waals surface area contributed by atoms with E-state index in [1.807, 2.05) is 19.1 Å². The Kier molecular flexibility index (Phi) is 2.29. The molecule has 1 aliphatic rings. The first-order chi connectivity index (χ1) is 6.27. The number of aliphatic hydroxyl groups is 1. The van der Waals surface area contributed by atoms with Crippen LogP contribution >= 0.6 is 0 Å². The third-order valence-electron chi connectivity index (χ3n) is 2.54. The summed E-state index contributed by atoms with van der Waals surface area (Å²) < 4.78 is 0. The Morgan fingerprint density at radius 2 is 2.31 bits per heavy atom. The highest BCUT2D eigenvalue weighted by molar-refractivity contribution is 5.17. The molecule has 3 heteroatoms. The van der Waals surface area contributed by atoms with Gasteiger partial charge in [-0.05, 0) is 18.6 Å². The van der Waals surface area contributed by atoms with Crippen LogP contribution in [0.25, 0.3) is 0 Å². The number of pyridine rings is 1. The average Bonchev–Trinajstić information content (AvgIpc) is 2.02. The minimum atomic E-state index is -0.352. The molecular weight excluding hydrogens is 164 g/mol. The first kappa shape index (κ1) is 8.66. The fourth-order valence-electron chi connectivity index (χ4n) is 1.46. The number of aryl methyl sites for hydroxylation is 1. The lowest BCUT2D eigenvalue weighted by Crippen LogP contribution is -2.45. The summed E-state index contributed by atoms with van der Waals surface area (Å²) in [7, 11) is 0. The van der Waals surface area contributed by atoms with Crippen LogP contribution in [-0.4, -0.2) is 23.2 Å². The third kappa shape index (κ3) is 1.71. The molecule has 2 N–H and O–H groups in total. The largest absolute Gasteiger partial charge is 0.388 e. The van der Waals surface area contributed by atoms with E-state index in [0.29, 0.717) is 5.92 Å². The standard InChI is InChI=1S/C10H14N2O/c1-7-2-3-8(6-12-7)10(13)9-4-11-5-9/h2-3,6,9-11,13H,4-5H2,1H3. The molecule has 0 bridgehead atoms. The first-order valence-electron chi connectivity index (χ1n) is 4.58. The normalized spacial score (nSPS) is 19.5. The van der Waals surface area contributed by atoms with Gasteiger partial charge < -0.3 is 10.4 Å². The Hall–Kier alpha value is -0.930. The van der Waals surface area contributed by atoms with Crippen LogP contribution in [0.15, 0.2) is 18.3 Å². The van der Waals surface area contributed by atoms with Crippen LogP contribution in [0.1, 0.15) is 17.4 Å². The van der Waals surface area contributed by atoms with Gasteiger partial charge in [-0.15, -0.1) is 0 Å². The molecule has 0 radical (unpaired) electrons. The molecule has 1 unspecified atom stereocenters. The average molecular weight is 178 g/mol. The quantitative estimate of drug-likeness (QED) is 0.698. The maximum atomic E-state index is 9.85. The van der Waals surface area contributed by atoms with Gasteiger partial charge in [-0.25, -0.2) is 0 Å². The molecule has 0 saturated carbocycles. The fraction of sp³-hybridized carbons (Fsp3) is 0.500. The Balaban J connectivity index is 2.10. The SMILES string of the molecule is Cc1ccc(C(O)C2CNC2)cn1. The summed E-state index contributed by atoms with van der Waals surface area (Å²) in [4.78, 5) is 4.16. The van der Waals surface area contributed by atoms with E-state index in [4.69, 9.17) is 0 Å². The molecule has 1 aromatic rings. The van der Waals surface area contributed by atoms with E-state index in [0.717, 1.165) is 24.3 Å². The first-order valence-corrected chi connectivity index (χ1v) is 4.58. The number of hydrogen-bond acceptors (Lipinski definition) is 3. The number of aliphatic hydroxyl groups excluding tert-OH is 1. The second-order valence-corrected chi connectivity index (χ2v) is 3.60. The van der Waals surface area contributed by atoms with Crippen molar-refractivity contribution in [3.8, 4) is 0 Å². The highest BCUT2D eigenvalue weighted by atomic mass is 16.3. The van der Waals surface area contributed by atoms with Crippen molar-refractivity contribution in [3.05, 3.63) is 29.6 Å². The van der Waals surface area contributed by atoms with Crippen LogP contribution in [-0.2, 0) is 0 Å². The molecule has 1 aromatic heterocycles. The number of rotatable bonds is 2. The maximum Gasteiger partial charge on any atom is 0.0857 e. The van der Waals surface area contributed by atoms with Crippen molar-refractivity contribution in [1.82, 2.24) is 10.3 Å². The molecule has 13 heavy (non-hydrogen) atoms. The lowest BCUT2D eigenvalue weighted by atomic mass is 9.92. The van der Waals surface area contributed by atoms with Gasteiger partial charge in [0.15, 0.2) is 0 Å². The van der Waals surface area contributed by atoms with Crippen molar-refractivity contribution < 1.29 is 5.11 Å². The fourth-order valence-corrected chi connectivity index (χ4v) is 1.46. The molecule has 3 nitrogen and oxygen atoms in total. The van der Waals surface area contributed by atoms with Crippen LogP contribution in [0.5, 0.6) is 0 Å². The lowest BCUT2D eigenvalue weighted by Gasteiger charge is -2.31. The second kappa shape index (κ2) is 3.44. The van der Waals surface area contributed by atoms with E-state index in [2.05, 4.69) is 10.3 Å². The molecule has 1 saturated heterocycles. The van der Waals surface area contributed by atoms with Crippen molar-refractivity contribution in [2.75, 3.05) is 13.1 Å². The molecule has 2 heterocycles. The van der Waals surface area contributed by atoms with Crippen molar-refractivity contribution >= 4 is 0 Å². The summed E-state index contributed by atoms with van der Waals surface area (Å²) in [5.74, 6) is 0.365. The maximum absolute atomic E-state index is 9.85. The Morgan fingerprint density at radius 1 is 1.54 bits per heavy atom. The van der Waals surface area contributed by atoms with Gasteiger partial charge in [0, 0.05) is 30.9 Å². The minimum Gasteiger partial charge on any atom is -0.388 e. The van der Waals surface area contributed by atoms with Crippen molar-refractivity contribution in [2.45, 2.75) is 13.0 Å². The molecule has 0 spiro atoms. The molecule has 2 rings (SSSR count). The Labute approximate surface area is 77.8 Å². The third-order valence-corrected chi connectivity index (χ3v) is 2.54. The van der Waals surface area contributed by atoms with E-state index < -0.39 is 0 Å². The molecule has 1 aliphatic heterocycles. The number of nitrogens with one attached hydrogen (secondary N) is 1. The molecular formula is C10H14N2O. The smallest absolute Gasteiger partial charge is 0.0857 e. The summed E-state index contributed by atoms with van der Waals surface area (Å²) in [6.07, 6.45) is 1.41. The Morgan fingerprint density at radius 3 is 2.77 bits per heavy atom. The van der Waals surface area contributed by atoms with Crippen molar-refractivity contribution in [1.29, 1.82) is 0 Å². The van der Waals surface area contributed by atoms with E-state index in [1.54, 1.807) is 6.20 Å². The van der Waals surface area contributed by atoms with Gasteiger partial charge in [0.1, 0.15) is 0 Å². The topological polar surface area (TPSA) is 45.1 Å². The van der Waals surface area contributed by atoms with Crippen LogP contribution in [0, 0.1) is 12.8 Å². The van der Waals surface area contributed by atoms with Crippen LogP contribution in [0.2, 0.25) is 0 Å². The van der Waals surface area contributed by atoms with Gasteiger partial charge in [0.2, 0.25) is 0 Å². The lowest BCUT2D eigenvalue weighted by molar-refractivity contribution is 0.0764. The Bertz CT molecular complexity index is 279. The highest BCUT2D eigenvalue weighted by Gasteiger charge is 2.26. The zero-order valence-corrected chi connectivity index (χ0v) is 7.70. The number of nitrogens with zero attached hydrogens (tertiary/aromatic N) is 1. The van der Waals surface area contributed by atoms with Crippen molar-refractivity contribution in [3.63, 3.8) is 0 Å². The molecule has 70 valence electrons. The molecule has 0 aromatic carbocycles. The van der Waals surface area contributed by atoms with E-state index in [-0.39, 0.29) is 6.10 Å². The van der Waals surface area contributed by atoms with Crippen LogP contribution < -0.4 is 5.32 Å². The zero-order valence-electron chi connectivity index (χ0n) is 7.70. The molecule has 0 aliphatic carbocycles. The summed E-state index contributed by atoms with van der Waals surface area (Å²) >= 11 is 0. The van der Waals surface area contributed by atoms with E-state index >= 15 is 0 Å². The van der Waals surface area contributed by atoms with Crippen LogP contribution in [0.4, 0.5) is 0 Å². The summed E-state index contributed by atoms with van der Waals surface area (Å²) in [6.45, 7) is 3.77. The predicted octanol–water partition coefficient (Wildman–Crippen LogP) is 0.643. The highest BCUT2D eigenvalue weighted by Crippen LogP contribution is 2.23. The van der Waals surface area contributed by atoms with E-state index in [1.165, 1.54) is 0 Å². The molecule has 1 atom stereocenters. The minimum absolute atomic E-state index is 0.352.